The molecule has 5 nitrogen and oxygen atoms in total. The lowest BCUT2D eigenvalue weighted by atomic mass is 10.2. The molecule has 0 atom stereocenters. The number of ether oxygens (including phenoxy) is 3. The van der Waals surface area contributed by atoms with Gasteiger partial charge < -0.3 is 14.2 Å². The number of nitrogens with zero attached hydrogens (tertiary/aromatic N) is 1. The third-order valence-corrected chi connectivity index (χ3v) is 2.44. The average molecular weight is 259 g/mol. The van der Waals surface area contributed by atoms with Gasteiger partial charge in [0.25, 0.3) is 0 Å². The molecule has 1 heterocycles. The van der Waals surface area contributed by atoms with Crippen molar-refractivity contribution in [3.63, 3.8) is 0 Å². The van der Waals surface area contributed by atoms with Crippen LogP contribution in [0, 0.1) is 0 Å². The summed E-state index contributed by atoms with van der Waals surface area (Å²) in [7, 11) is 3.00. The normalized spacial score (nSPS) is 9.79. The number of hydrogen-bond donors (Lipinski definition) is 0. The number of pyridine rings is 1. The van der Waals surface area contributed by atoms with E-state index in [0.717, 1.165) is 0 Å². The van der Waals surface area contributed by atoms with Crippen molar-refractivity contribution in [1.82, 2.24) is 4.98 Å². The summed E-state index contributed by atoms with van der Waals surface area (Å²) in [5, 5.41) is 0. The van der Waals surface area contributed by atoms with E-state index >= 15 is 0 Å². The Labute approximate surface area is 110 Å². The van der Waals surface area contributed by atoms with Crippen LogP contribution in [-0.4, -0.2) is 25.2 Å². The highest BCUT2D eigenvalue weighted by atomic mass is 16.5. The molecule has 0 amide bonds. The summed E-state index contributed by atoms with van der Waals surface area (Å²) in [6.07, 6.45) is 1.54. The van der Waals surface area contributed by atoms with E-state index < -0.39 is 5.97 Å². The number of esters is 1. The molecule has 0 aliphatic heterocycles. The molecule has 0 bridgehead atoms. The van der Waals surface area contributed by atoms with Crippen molar-refractivity contribution >= 4 is 5.97 Å². The Kier molecular flexibility index (Phi) is 3.97. The molecule has 19 heavy (non-hydrogen) atoms. The van der Waals surface area contributed by atoms with Gasteiger partial charge in [-0.2, -0.15) is 0 Å². The topological polar surface area (TPSA) is 57.7 Å². The summed E-state index contributed by atoms with van der Waals surface area (Å²) < 4.78 is 15.3. The highest BCUT2D eigenvalue weighted by Crippen LogP contribution is 2.21. The van der Waals surface area contributed by atoms with Crippen LogP contribution in [0.15, 0.2) is 42.6 Å². The van der Waals surface area contributed by atoms with E-state index in [0.29, 0.717) is 11.5 Å². The standard InChI is InChI=1S/C14H13NO4/c1-17-10-5-3-6-11(9-10)19-14(16)12-7-4-8-15-13(12)18-2/h3-9H,1-2H3. The van der Waals surface area contributed by atoms with Gasteiger partial charge in [0.15, 0.2) is 0 Å². The van der Waals surface area contributed by atoms with Crippen LogP contribution in [0.5, 0.6) is 17.4 Å². The van der Waals surface area contributed by atoms with Crippen LogP contribution in [0.4, 0.5) is 0 Å². The zero-order valence-corrected chi connectivity index (χ0v) is 10.6. The first-order valence-corrected chi connectivity index (χ1v) is 5.60. The highest BCUT2D eigenvalue weighted by molar-refractivity contribution is 5.93. The van der Waals surface area contributed by atoms with Crippen LogP contribution < -0.4 is 14.2 Å². The lowest BCUT2D eigenvalue weighted by molar-refractivity contribution is 0.0730. The molecule has 0 aliphatic rings. The number of hydrogen-bond acceptors (Lipinski definition) is 5. The van der Waals surface area contributed by atoms with Crippen molar-refractivity contribution in [3.8, 4) is 17.4 Å². The predicted octanol–water partition coefficient (Wildman–Crippen LogP) is 2.32. The highest BCUT2D eigenvalue weighted by Gasteiger charge is 2.15. The molecule has 0 N–H and O–H groups in total. The number of rotatable bonds is 4. The Morgan fingerprint density at radius 2 is 1.84 bits per heavy atom. The van der Waals surface area contributed by atoms with E-state index in [1.807, 2.05) is 0 Å². The van der Waals surface area contributed by atoms with E-state index in [-0.39, 0.29) is 11.4 Å². The number of carbonyl (C=O) groups excluding carboxylic acids is 1. The molecular formula is C14H13NO4. The van der Waals surface area contributed by atoms with Gasteiger partial charge in [-0.3, -0.25) is 0 Å². The van der Waals surface area contributed by atoms with Gasteiger partial charge in [-0.05, 0) is 24.3 Å². The van der Waals surface area contributed by atoms with Gasteiger partial charge in [0.1, 0.15) is 17.1 Å². The van der Waals surface area contributed by atoms with Gasteiger partial charge in [0.05, 0.1) is 14.2 Å². The Balaban J connectivity index is 2.20. The maximum absolute atomic E-state index is 12.0. The van der Waals surface area contributed by atoms with Crippen LogP contribution in [0.3, 0.4) is 0 Å². The molecule has 0 unspecified atom stereocenters. The zero-order chi connectivity index (χ0) is 13.7. The molecule has 2 rings (SSSR count). The predicted molar refractivity (Wildman–Crippen MR) is 68.7 cm³/mol. The van der Waals surface area contributed by atoms with Gasteiger partial charge in [0, 0.05) is 12.3 Å². The van der Waals surface area contributed by atoms with Crippen molar-refractivity contribution in [3.05, 3.63) is 48.2 Å². The van der Waals surface area contributed by atoms with E-state index in [1.165, 1.54) is 7.11 Å². The summed E-state index contributed by atoms with van der Waals surface area (Å²) >= 11 is 0. The second-order valence-electron chi connectivity index (χ2n) is 3.63. The summed E-state index contributed by atoms with van der Waals surface area (Å²) in [6.45, 7) is 0. The van der Waals surface area contributed by atoms with Crippen molar-refractivity contribution in [2.45, 2.75) is 0 Å². The molecule has 0 fully saturated rings. The molecule has 1 aromatic carbocycles. The van der Waals surface area contributed by atoms with Crippen LogP contribution in [0.2, 0.25) is 0 Å². The fourth-order valence-corrected chi connectivity index (χ4v) is 1.54. The molecule has 2 aromatic rings. The summed E-state index contributed by atoms with van der Waals surface area (Å²) in [4.78, 5) is 16.0. The first-order chi connectivity index (χ1) is 9.24. The lowest BCUT2D eigenvalue weighted by Crippen LogP contribution is -2.10. The molecule has 5 heteroatoms. The third kappa shape index (κ3) is 3.01. The second kappa shape index (κ2) is 5.86. The Hall–Kier alpha value is -2.56. The van der Waals surface area contributed by atoms with Gasteiger partial charge in [0.2, 0.25) is 5.88 Å². The van der Waals surface area contributed by atoms with Crippen molar-refractivity contribution < 1.29 is 19.0 Å². The second-order valence-corrected chi connectivity index (χ2v) is 3.63. The quantitative estimate of drug-likeness (QED) is 0.623. The number of methoxy groups -OCH3 is 2. The van der Waals surface area contributed by atoms with Gasteiger partial charge in [-0.1, -0.05) is 6.07 Å². The van der Waals surface area contributed by atoms with Crippen molar-refractivity contribution in [2.75, 3.05) is 14.2 Å². The Morgan fingerprint density at radius 1 is 1.05 bits per heavy atom. The van der Waals surface area contributed by atoms with E-state index in [4.69, 9.17) is 14.2 Å². The smallest absolute Gasteiger partial charge is 0.349 e. The Morgan fingerprint density at radius 3 is 2.58 bits per heavy atom. The minimum absolute atomic E-state index is 0.232. The summed E-state index contributed by atoms with van der Waals surface area (Å²) in [5.74, 6) is 0.715. The zero-order valence-electron chi connectivity index (χ0n) is 10.6. The van der Waals surface area contributed by atoms with Crippen LogP contribution in [-0.2, 0) is 0 Å². The van der Waals surface area contributed by atoms with Crippen LogP contribution in [0.25, 0.3) is 0 Å². The largest absolute Gasteiger partial charge is 0.497 e. The van der Waals surface area contributed by atoms with E-state index in [9.17, 15) is 4.79 Å². The SMILES string of the molecule is COc1cccc(OC(=O)c2cccnc2OC)c1. The van der Waals surface area contributed by atoms with Gasteiger partial charge in [-0.15, -0.1) is 0 Å². The Bertz CT molecular complexity index is 583. The molecule has 0 aliphatic carbocycles. The molecule has 98 valence electrons. The fraction of sp³-hybridized carbons (Fsp3) is 0.143. The summed E-state index contributed by atoms with van der Waals surface area (Å²) in [6, 6.07) is 10.0. The number of benzene rings is 1. The fourth-order valence-electron chi connectivity index (χ4n) is 1.54. The van der Waals surface area contributed by atoms with E-state index in [2.05, 4.69) is 4.98 Å². The minimum atomic E-state index is -0.529. The van der Waals surface area contributed by atoms with Crippen LogP contribution in [0.1, 0.15) is 10.4 Å². The number of aromatic nitrogens is 1. The third-order valence-electron chi connectivity index (χ3n) is 2.44. The van der Waals surface area contributed by atoms with Crippen molar-refractivity contribution in [1.29, 1.82) is 0 Å². The van der Waals surface area contributed by atoms with Crippen molar-refractivity contribution in [2.24, 2.45) is 0 Å². The first kappa shape index (κ1) is 12.9. The molecular weight excluding hydrogens is 246 g/mol. The maximum atomic E-state index is 12.0. The monoisotopic (exact) mass is 259 g/mol. The molecule has 1 aromatic heterocycles. The number of carbonyl (C=O) groups is 1. The molecule has 0 spiro atoms. The van der Waals surface area contributed by atoms with Gasteiger partial charge >= 0.3 is 5.97 Å². The minimum Gasteiger partial charge on any atom is -0.497 e. The maximum Gasteiger partial charge on any atom is 0.349 e. The summed E-state index contributed by atoms with van der Waals surface area (Å²) in [5.41, 5.74) is 0.271. The molecule has 0 saturated heterocycles. The van der Waals surface area contributed by atoms with Crippen LogP contribution >= 0.6 is 0 Å². The van der Waals surface area contributed by atoms with Gasteiger partial charge in [-0.25, -0.2) is 9.78 Å². The molecule has 0 saturated carbocycles. The average Bonchev–Trinajstić information content (AvgIpc) is 2.47. The first-order valence-electron chi connectivity index (χ1n) is 5.60. The lowest BCUT2D eigenvalue weighted by Gasteiger charge is -2.08. The molecule has 0 radical (unpaired) electrons. The van der Waals surface area contributed by atoms with E-state index in [1.54, 1.807) is 49.7 Å².